The first-order valence-electron chi connectivity index (χ1n) is 12.8. The highest BCUT2D eigenvalue weighted by Crippen LogP contribution is 2.46. The summed E-state index contributed by atoms with van der Waals surface area (Å²) in [6.45, 7) is 13.5. The summed E-state index contributed by atoms with van der Waals surface area (Å²) in [6, 6.07) is 6.12. The number of rotatable bonds is 12. The van der Waals surface area contributed by atoms with Crippen molar-refractivity contribution in [3.05, 3.63) is 47.6 Å². The van der Waals surface area contributed by atoms with Crippen molar-refractivity contribution in [1.29, 1.82) is 0 Å². The van der Waals surface area contributed by atoms with Gasteiger partial charge in [-0.2, -0.15) is 4.31 Å². The van der Waals surface area contributed by atoms with Gasteiger partial charge in [-0.1, -0.05) is 57.6 Å². The molecule has 3 rings (SSSR count). The zero-order valence-electron chi connectivity index (χ0n) is 22.5. The maximum Gasteiger partial charge on any atom is 0.224 e. The van der Waals surface area contributed by atoms with Gasteiger partial charge in [-0.05, 0) is 31.0 Å². The zero-order chi connectivity index (χ0) is 26.3. The van der Waals surface area contributed by atoms with Gasteiger partial charge < -0.3 is 14.8 Å². The van der Waals surface area contributed by atoms with Crippen molar-refractivity contribution < 1.29 is 17.9 Å². The largest absolute Gasteiger partial charge is 0.493 e. The van der Waals surface area contributed by atoms with Crippen LogP contribution in [0.5, 0.6) is 11.5 Å². The van der Waals surface area contributed by atoms with E-state index in [4.69, 9.17) is 9.47 Å². The van der Waals surface area contributed by atoms with Gasteiger partial charge in [0.25, 0.3) is 0 Å². The average molecular weight is 555 g/mol. The topological polar surface area (TPSA) is 67.9 Å². The second-order valence-electron chi connectivity index (χ2n) is 9.91. The standard InChI is InChI=1S/C27H42N2O4S3/c1-20(2)34-26(35-21(3)4)23-7-8-24(25(19-23)32-6)33-18-13-27(11-9-22(5)10-12-27)36(30,31)29-16-14-28-15-17-29/h7-11,19-21,26,28H,12-18H2,1-6H3. The second kappa shape index (κ2) is 13.1. The lowest BCUT2D eigenvalue weighted by Gasteiger charge is -2.38. The Labute approximate surface area is 226 Å². The molecule has 2 aliphatic rings. The van der Waals surface area contributed by atoms with E-state index in [1.54, 1.807) is 11.4 Å². The van der Waals surface area contributed by atoms with Crippen LogP contribution in [0.4, 0.5) is 0 Å². The van der Waals surface area contributed by atoms with E-state index >= 15 is 0 Å². The Balaban J connectivity index is 1.77. The summed E-state index contributed by atoms with van der Waals surface area (Å²) in [4.78, 5) is 0. The quantitative estimate of drug-likeness (QED) is 0.336. The molecule has 1 aromatic rings. The molecular weight excluding hydrogens is 513 g/mol. The van der Waals surface area contributed by atoms with Crippen molar-refractivity contribution in [2.45, 2.75) is 67.3 Å². The second-order valence-corrected chi connectivity index (χ2v) is 15.9. The number of methoxy groups -OCH3 is 1. The molecule has 1 fully saturated rings. The van der Waals surface area contributed by atoms with Crippen LogP contribution >= 0.6 is 23.5 Å². The molecule has 6 nitrogen and oxygen atoms in total. The van der Waals surface area contributed by atoms with Crippen molar-refractivity contribution >= 4 is 33.5 Å². The zero-order valence-corrected chi connectivity index (χ0v) is 24.9. The molecule has 1 unspecified atom stereocenters. The van der Waals surface area contributed by atoms with Gasteiger partial charge in [-0.3, -0.25) is 0 Å². The number of hydrogen-bond donors (Lipinski definition) is 1. The van der Waals surface area contributed by atoms with E-state index in [0.29, 0.717) is 65.6 Å². The molecule has 0 spiro atoms. The van der Waals surface area contributed by atoms with E-state index in [0.717, 1.165) is 5.57 Å². The molecule has 9 heteroatoms. The summed E-state index contributed by atoms with van der Waals surface area (Å²) in [6.07, 6.45) is 6.66. The molecule has 202 valence electrons. The molecular formula is C27H42N2O4S3. The lowest BCUT2D eigenvalue weighted by atomic mass is 9.93. The molecule has 0 aromatic heterocycles. The summed E-state index contributed by atoms with van der Waals surface area (Å²) in [5.74, 6) is 1.32. The Bertz CT molecular complexity index is 1020. The van der Waals surface area contributed by atoms with Crippen LogP contribution in [0.2, 0.25) is 0 Å². The van der Waals surface area contributed by atoms with Crippen LogP contribution in [0, 0.1) is 0 Å². The van der Waals surface area contributed by atoms with E-state index in [9.17, 15) is 8.42 Å². The maximum absolute atomic E-state index is 13.8. The Morgan fingerprint density at radius 1 is 1.08 bits per heavy atom. The number of allylic oxidation sites excluding steroid dienone is 3. The third-order valence-electron chi connectivity index (χ3n) is 6.38. The van der Waals surface area contributed by atoms with Crippen molar-refractivity contribution in [3.63, 3.8) is 0 Å². The van der Waals surface area contributed by atoms with Gasteiger partial charge in [0, 0.05) is 43.1 Å². The lowest BCUT2D eigenvalue weighted by Crippen LogP contribution is -2.54. The van der Waals surface area contributed by atoms with Crippen LogP contribution in [-0.4, -0.2) is 67.9 Å². The van der Waals surface area contributed by atoms with Crippen molar-refractivity contribution in [1.82, 2.24) is 9.62 Å². The number of hydrogen-bond acceptors (Lipinski definition) is 7. The third kappa shape index (κ3) is 7.25. The lowest BCUT2D eigenvalue weighted by molar-refractivity contribution is 0.272. The van der Waals surface area contributed by atoms with Crippen molar-refractivity contribution in [2.24, 2.45) is 0 Å². The molecule has 1 saturated heterocycles. The van der Waals surface area contributed by atoms with E-state index in [2.05, 4.69) is 45.1 Å². The summed E-state index contributed by atoms with van der Waals surface area (Å²) < 4.78 is 40.3. The molecule has 1 aromatic carbocycles. The first-order chi connectivity index (χ1) is 17.1. The van der Waals surface area contributed by atoms with E-state index < -0.39 is 14.8 Å². The van der Waals surface area contributed by atoms with Crippen molar-refractivity contribution in [2.75, 3.05) is 39.9 Å². The van der Waals surface area contributed by atoms with Gasteiger partial charge >= 0.3 is 0 Å². The van der Waals surface area contributed by atoms with Gasteiger partial charge in [0.05, 0.1) is 18.3 Å². The normalized spacial score (nSPS) is 21.3. The number of nitrogens with zero attached hydrogens (tertiary/aromatic N) is 1. The summed E-state index contributed by atoms with van der Waals surface area (Å²) in [7, 11) is -1.88. The molecule has 1 heterocycles. The van der Waals surface area contributed by atoms with Crippen molar-refractivity contribution in [3.8, 4) is 11.5 Å². The summed E-state index contributed by atoms with van der Waals surface area (Å²) in [5.41, 5.74) is 2.29. The third-order valence-corrected chi connectivity index (χ3v) is 11.8. The van der Waals surface area contributed by atoms with Crippen LogP contribution in [0.25, 0.3) is 0 Å². The molecule has 1 atom stereocenters. The summed E-state index contributed by atoms with van der Waals surface area (Å²) >= 11 is 3.87. The Kier molecular flexibility index (Phi) is 10.7. The number of sulfonamides is 1. The van der Waals surface area contributed by atoms with E-state index in [1.165, 1.54) is 5.56 Å². The molecule has 0 saturated carbocycles. The highest BCUT2D eigenvalue weighted by Gasteiger charge is 2.45. The number of nitrogens with one attached hydrogen (secondary N) is 1. The molecule has 36 heavy (non-hydrogen) atoms. The van der Waals surface area contributed by atoms with Crippen LogP contribution in [-0.2, 0) is 10.0 Å². The average Bonchev–Trinajstić information content (AvgIpc) is 2.85. The minimum absolute atomic E-state index is 0.281. The monoisotopic (exact) mass is 554 g/mol. The molecule has 1 N–H and O–H groups in total. The minimum Gasteiger partial charge on any atom is -0.493 e. The number of benzene rings is 1. The highest BCUT2D eigenvalue weighted by atomic mass is 32.2. The number of piperazine rings is 1. The SMILES string of the molecule is COc1cc(C(SC(C)C)SC(C)C)ccc1OCCC1(S(=O)(=O)N2CCNCC2)C=CC(C)=CC1. The van der Waals surface area contributed by atoms with E-state index in [1.807, 2.05) is 54.7 Å². The minimum atomic E-state index is -3.54. The van der Waals surface area contributed by atoms with Gasteiger partial charge in [0.1, 0.15) is 4.75 Å². The van der Waals surface area contributed by atoms with Gasteiger partial charge in [0.15, 0.2) is 11.5 Å². The Hall–Kier alpha value is -1.13. The number of ether oxygens (including phenoxy) is 2. The molecule has 1 aliphatic heterocycles. The predicted octanol–water partition coefficient (Wildman–Crippen LogP) is 5.63. The van der Waals surface area contributed by atoms with Gasteiger partial charge in [-0.15, -0.1) is 23.5 Å². The smallest absolute Gasteiger partial charge is 0.224 e. The highest BCUT2D eigenvalue weighted by molar-refractivity contribution is 8.16. The first kappa shape index (κ1) is 29.4. The fraction of sp³-hybridized carbons (Fsp3) is 0.630. The molecule has 0 amide bonds. The number of thioether (sulfide) groups is 2. The van der Waals surface area contributed by atoms with E-state index in [-0.39, 0.29) is 6.61 Å². The Morgan fingerprint density at radius 3 is 2.31 bits per heavy atom. The fourth-order valence-electron chi connectivity index (χ4n) is 4.37. The van der Waals surface area contributed by atoms with Crippen LogP contribution in [0.15, 0.2) is 42.0 Å². The van der Waals surface area contributed by atoms with Crippen LogP contribution in [0.3, 0.4) is 0 Å². The summed E-state index contributed by atoms with van der Waals surface area (Å²) in [5, 5.41) is 4.27. The van der Waals surface area contributed by atoms with Crippen LogP contribution in [0.1, 0.15) is 57.6 Å². The van der Waals surface area contributed by atoms with Gasteiger partial charge in [0.2, 0.25) is 10.0 Å². The molecule has 1 aliphatic carbocycles. The van der Waals surface area contributed by atoms with Gasteiger partial charge in [-0.25, -0.2) is 8.42 Å². The molecule has 0 bridgehead atoms. The maximum atomic E-state index is 13.8. The van der Waals surface area contributed by atoms with Crippen LogP contribution < -0.4 is 14.8 Å². The first-order valence-corrected chi connectivity index (χ1v) is 16.1. The fourth-order valence-corrected chi connectivity index (χ4v) is 9.61. The Morgan fingerprint density at radius 2 is 1.75 bits per heavy atom. The predicted molar refractivity (Wildman–Crippen MR) is 155 cm³/mol. The molecule has 0 radical (unpaired) electrons.